The molecule has 58 valence electrons. The lowest BCUT2D eigenvalue weighted by Gasteiger charge is -1.97. The number of hydrogen-bond donors (Lipinski definition) is 2. The van der Waals surface area contributed by atoms with Crippen molar-refractivity contribution in [3.8, 4) is 0 Å². The Morgan fingerprint density at radius 3 is 3.00 bits per heavy atom. The van der Waals surface area contributed by atoms with E-state index in [0.29, 0.717) is 0 Å². The summed E-state index contributed by atoms with van der Waals surface area (Å²) in [6.07, 6.45) is 4.88. The zero-order valence-corrected chi connectivity index (χ0v) is 6.46. The molecule has 3 heteroatoms. The Morgan fingerprint density at radius 1 is 1.73 bits per heavy atom. The standard InChI is InChI=1S/C8H11N3/c1-3-10-8-7(4-9)6(2)5-11-8/h3-5H,1,9H2,2H3,(H,10,11)/b7-4-. The summed E-state index contributed by atoms with van der Waals surface area (Å²) in [5.74, 6) is 0.764. The fourth-order valence-electron chi connectivity index (χ4n) is 0.927. The van der Waals surface area contributed by atoms with E-state index >= 15 is 0 Å². The van der Waals surface area contributed by atoms with Gasteiger partial charge in [-0.25, -0.2) is 4.99 Å². The van der Waals surface area contributed by atoms with Gasteiger partial charge in [-0.3, -0.25) is 0 Å². The van der Waals surface area contributed by atoms with Crippen LogP contribution in [0.2, 0.25) is 0 Å². The number of hydrogen-bond acceptors (Lipinski definition) is 2. The van der Waals surface area contributed by atoms with Crippen LogP contribution in [-0.2, 0) is 0 Å². The predicted octanol–water partition coefficient (Wildman–Crippen LogP) is 0.878. The van der Waals surface area contributed by atoms with Gasteiger partial charge in [0.05, 0.1) is 0 Å². The lowest BCUT2D eigenvalue weighted by atomic mass is 10.1. The summed E-state index contributed by atoms with van der Waals surface area (Å²) < 4.78 is 0. The van der Waals surface area contributed by atoms with Crippen LogP contribution >= 0.6 is 0 Å². The Hall–Kier alpha value is -1.51. The highest BCUT2D eigenvalue weighted by Gasteiger charge is 2.12. The first-order valence-corrected chi connectivity index (χ1v) is 3.34. The SMILES string of the molecule is C=C/N=C1/NC=C(C)/C1=C/N. The topological polar surface area (TPSA) is 50.4 Å². The summed E-state index contributed by atoms with van der Waals surface area (Å²) in [7, 11) is 0. The van der Waals surface area contributed by atoms with Crippen molar-refractivity contribution >= 4 is 5.84 Å². The molecule has 0 aromatic heterocycles. The van der Waals surface area contributed by atoms with E-state index in [1.165, 1.54) is 12.4 Å². The van der Waals surface area contributed by atoms with E-state index in [4.69, 9.17) is 5.73 Å². The van der Waals surface area contributed by atoms with Crippen molar-refractivity contribution in [1.82, 2.24) is 5.32 Å². The van der Waals surface area contributed by atoms with Crippen molar-refractivity contribution in [1.29, 1.82) is 0 Å². The Bertz CT molecular complexity index is 259. The molecule has 0 aromatic rings. The molecule has 1 heterocycles. The molecule has 3 N–H and O–H groups in total. The zero-order chi connectivity index (χ0) is 8.27. The van der Waals surface area contributed by atoms with Crippen molar-refractivity contribution in [3.05, 3.63) is 36.3 Å². The van der Waals surface area contributed by atoms with Crippen LogP contribution < -0.4 is 11.1 Å². The van der Waals surface area contributed by atoms with Gasteiger partial charge in [-0.15, -0.1) is 0 Å². The molecule has 0 amide bonds. The smallest absolute Gasteiger partial charge is 0.138 e. The van der Waals surface area contributed by atoms with Gasteiger partial charge in [-0.05, 0) is 12.5 Å². The number of aliphatic imine (C=N–C) groups is 1. The molecular weight excluding hydrogens is 138 g/mol. The maximum Gasteiger partial charge on any atom is 0.138 e. The molecule has 0 atom stereocenters. The number of amidine groups is 1. The summed E-state index contributed by atoms with van der Waals surface area (Å²) >= 11 is 0. The Kier molecular flexibility index (Phi) is 2.11. The van der Waals surface area contributed by atoms with Crippen LogP contribution in [-0.4, -0.2) is 5.84 Å². The number of nitrogens with one attached hydrogen (secondary N) is 1. The molecule has 11 heavy (non-hydrogen) atoms. The predicted molar refractivity (Wildman–Crippen MR) is 46.8 cm³/mol. The summed E-state index contributed by atoms with van der Waals surface area (Å²) in [6, 6.07) is 0. The molecule has 1 rings (SSSR count). The Morgan fingerprint density at radius 2 is 2.45 bits per heavy atom. The second kappa shape index (κ2) is 3.05. The van der Waals surface area contributed by atoms with Gasteiger partial charge in [0.25, 0.3) is 0 Å². The van der Waals surface area contributed by atoms with Gasteiger partial charge < -0.3 is 11.1 Å². The molecule has 0 aliphatic carbocycles. The van der Waals surface area contributed by atoms with E-state index in [1.54, 1.807) is 0 Å². The van der Waals surface area contributed by atoms with Crippen molar-refractivity contribution < 1.29 is 0 Å². The third kappa shape index (κ3) is 1.32. The molecule has 0 unspecified atom stereocenters. The minimum Gasteiger partial charge on any atom is -0.404 e. The zero-order valence-electron chi connectivity index (χ0n) is 6.46. The van der Waals surface area contributed by atoms with Crippen LogP contribution in [0, 0.1) is 0 Å². The lowest BCUT2D eigenvalue weighted by Crippen LogP contribution is -2.13. The van der Waals surface area contributed by atoms with Crippen molar-refractivity contribution in [2.45, 2.75) is 6.92 Å². The van der Waals surface area contributed by atoms with Crippen molar-refractivity contribution in [3.63, 3.8) is 0 Å². The molecule has 0 fully saturated rings. The summed E-state index contributed by atoms with van der Waals surface area (Å²) in [5, 5.41) is 2.98. The fraction of sp³-hybridized carbons (Fsp3) is 0.125. The summed E-state index contributed by atoms with van der Waals surface area (Å²) in [4.78, 5) is 4.00. The molecule has 0 bridgehead atoms. The molecule has 0 saturated heterocycles. The average Bonchev–Trinajstić information content (AvgIpc) is 2.33. The van der Waals surface area contributed by atoms with Crippen LogP contribution in [0.3, 0.4) is 0 Å². The van der Waals surface area contributed by atoms with E-state index < -0.39 is 0 Å². The Balaban J connectivity index is 2.94. The van der Waals surface area contributed by atoms with Crippen molar-refractivity contribution in [2.75, 3.05) is 0 Å². The molecule has 3 nitrogen and oxygen atoms in total. The quantitative estimate of drug-likeness (QED) is 0.581. The second-order valence-electron chi connectivity index (χ2n) is 2.21. The van der Waals surface area contributed by atoms with E-state index in [-0.39, 0.29) is 0 Å². The average molecular weight is 149 g/mol. The first-order valence-electron chi connectivity index (χ1n) is 3.34. The second-order valence-corrected chi connectivity index (χ2v) is 2.21. The highest BCUT2D eigenvalue weighted by molar-refractivity contribution is 6.05. The molecular formula is C8H11N3. The maximum atomic E-state index is 5.39. The minimum atomic E-state index is 0.764. The maximum absolute atomic E-state index is 5.39. The van der Waals surface area contributed by atoms with Gasteiger partial charge in [-0.1, -0.05) is 6.58 Å². The molecule has 0 aromatic carbocycles. The van der Waals surface area contributed by atoms with Crippen LogP contribution in [0.1, 0.15) is 6.92 Å². The highest BCUT2D eigenvalue weighted by atomic mass is 15.0. The number of nitrogens with two attached hydrogens (primary N) is 1. The van der Waals surface area contributed by atoms with Gasteiger partial charge in [0.15, 0.2) is 0 Å². The summed E-state index contributed by atoms with van der Waals surface area (Å²) in [5.41, 5.74) is 7.41. The van der Waals surface area contributed by atoms with Gasteiger partial charge in [0, 0.05) is 24.2 Å². The third-order valence-electron chi connectivity index (χ3n) is 1.49. The lowest BCUT2D eigenvalue weighted by molar-refractivity contribution is 1.29. The number of nitrogens with zero attached hydrogens (tertiary/aromatic N) is 1. The molecule has 1 aliphatic heterocycles. The fourth-order valence-corrected chi connectivity index (χ4v) is 0.927. The highest BCUT2D eigenvalue weighted by Crippen LogP contribution is 2.13. The van der Waals surface area contributed by atoms with E-state index in [1.807, 2.05) is 13.1 Å². The first kappa shape index (κ1) is 7.60. The first-order chi connectivity index (χ1) is 5.29. The molecule has 0 radical (unpaired) electrons. The molecule has 0 spiro atoms. The third-order valence-corrected chi connectivity index (χ3v) is 1.49. The minimum absolute atomic E-state index is 0.764. The van der Waals surface area contributed by atoms with Gasteiger partial charge in [-0.2, -0.15) is 0 Å². The van der Waals surface area contributed by atoms with E-state index in [2.05, 4.69) is 16.9 Å². The van der Waals surface area contributed by atoms with Gasteiger partial charge >= 0.3 is 0 Å². The van der Waals surface area contributed by atoms with Crippen LogP contribution in [0.15, 0.2) is 41.3 Å². The van der Waals surface area contributed by atoms with Crippen molar-refractivity contribution in [2.24, 2.45) is 10.7 Å². The normalized spacial score (nSPS) is 23.5. The monoisotopic (exact) mass is 149 g/mol. The number of rotatable bonds is 1. The van der Waals surface area contributed by atoms with Crippen LogP contribution in [0.25, 0.3) is 0 Å². The van der Waals surface area contributed by atoms with Gasteiger partial charge in [0.2, 0.25) is 0 Å². The van der Waals surface area contributed by atoms with E-state index in [9.17, 15) is 0 Å². The van der Waals surface area contributed by atoms with Crippen LogP contribution in [0.4, 0.5) is 0 Å². The summed E-state index contributed by atoms with van der Waals surface area (Å²) in [6.45, 7) is 5.47. The largest absolute Gasteiger partial charge is 0.404 e. The molecule has 0 saturated carbocycles. The Labute approximate surface area is 66.0 Å². The molecule has 1 aliphatic rings. The van der Waals surface area contributed by atoms with Crippen LogP contribution in [0.5, 0.6) is 0 Å². The van der Waals surface area contributed by atoms with E-state index in [0.717, 1.165) is 17.0 Å². The van der Waals surface area contributed by atoms with Gasteiger partial charge in [0.1, 0.15) is 5.84 Å².